The molecule has 0 N–H and O–H groups in total. The third kappa shape index (κ3) is 4.42. The summed E-state index contributed by atoms with van der Waals surface area (Å²) in [4.78, 5) is 5.30. The van der Waals surface area contributed by atoms with Crippen molar-refractivity contribution in [2.24, 2.45) is 0 Å². The monoisotopic (exact) mass is 332 g/mol. The van der Waals surface area contributed by atoms with Gasteiger partial charge < -0.3 is 9.47 Å². The fourth-order valence-corrected chi connectivity index (χ4v) is 4.13. The largest absolute Gasteiger partial charge is 0.497 e. The average molecular weight is 332 g/mol. The summed E-state index contributed by atoms with van der Waals surface area (Å²) in [6, 6.07) is 6.98. The Labute approximate surface area is 146 Å². The molecule has 4 heteroatoms. The van der Waals surface area contributed by atoms with Gasteiger partial charge in [-0.3, -0.25) is 9.80 Å². The molecule has 3 rings (SSSR count). The van der Waals surface area contributed by atoms with Crippen LogP contribution in [0.25, 0.3) is 0 Å². The van der Waals surface area contributed by atoms with Gasteiger partial charge in [-0.25, -0.2) is 0 Å². The van der Waals surface area contributed by atoms with Crippen molar-refractivity contribution in [1.29, 1.82) is 0 Å². The topological polar surface area (TPSA) is 24.9 Å². The standard InChI is InChI=1S/C20H32N2O2/c1-23-19-10-9-17(20(15-19)24-2)16-21-11-13-22(14-12-21)18-7-5-3-4-6-8-18/h9-10,15,18H,3-8,11-14,16H2,1-2H3. The van der Waals surface area contributed by atoms with Gasteiger partial charge in [0.1, 0.15) is 11.5 Å². The molecule has 1 saturated heterocycles. The van der Waals surface area contributed by atoms with Crippen LogP contribution < -0.4 is 9.47 Å². The van der Waals surface area contributed by atoms with E-state index in [0.29, 0.717) is 0 Å². The average Bonchev–Trinajstić information content (AvgIpc) is 2.92. The van der Waals surface area contributed by atoms with Crippen LogP contribution in [0.1, 0.15) is 44.1 Å². The van der Waals surface area contributed by atoms with Gasteiger partial charge in [-0.05, 0) is 18.9 Å². The maximum Gasteiger partial charge on any atom is 0.127 e. The third-order valence-corrected chi connectivity index (χ3v) is 5.64. The van der Waals surface area contributed by atoms with E-state index in [0.717, 1.165) is 37.2 Å². The minimum atomic E-state index is 0.838. The second-order valence-electron chi connectivity index (χ2n) is 7.14. The lowest BCUT2D eigenvalue weighted by Crippen LogP contribution is -2.49. The summed E-state index contributed by atoms with van der Waals surface area (Å²) in [5, 5.41) is 0. The van der Waals surface area contributed by atoms with Crippen molar-refractivity contribution >= 4 is 0 Å². The first-order valence-electron chi connectivity index (χ1n) is 9.47. The van der Waals surface area contributed by atoms with Crippen molar-refractivity contribution in [3.63, 3.8) is 0 Å². The first-order valence-corrected chi connectivity index (χ1v) is 9.47. The van der Waals surface area contributed by atoms with Gasteiger partial charge >= 0.3 is 0 Å². The predicted octanol–water partition coefficient (Wildman–Crippen LogP) is 3.54. The van der Waals surface area contributed by atoms with E-state index in [1.165, 1.54) is 57.2 Å². The van der Waals surface area contributed by atoms with Crippen molar-refractivity contribution < 1.29 is 9.47 Å². The molecule has 1 aromatic carbocycles. The fourth-order valence-electron chi connectivity index (χ4n) is 4.13. The molecule has 0 spiro atoms. The maximum absolute atomic E-state index is 5.54. The molecular weight excluding hydrogens is 300 g/mol. The summed E-state index contributed by atoms with van der Waals surface area (Å²) in [5.41, 5.74) is 1.25. The zero-order chi connectivity index (χ0) is 16.8. The highest BCUT2D eigenvalue weighted by Crippen LogP contribution is 2.27. The molecular formula is C20H32N2O2. The van der Waals surface area contributed by atoms with Crippen LogP contribution in [0.5, 0.6) is 11.5 Å². The zero-order valence-corrected chi connectivity index (χ0v) is 15.3. The van der Waals surface area contributed by atoms with E-state index in [1.54, 1.807) is 14.2 Å². The fraction of sp³-hybridized carbons (Fsp3) is 0.700. The number of hydrogen-bond donors (Lipinski definition) is 0. The minimum absolute atomic E-state index is 0.838. The molecule has 1 aliphatic heterocycles. The SMILES string of the molecule is COc1ccc(CN2CCN(C3CCCCCC3)CC2)c(OC)c1. The molecule has 1 aromatic rings. The Kier molecular flexibility index (Phi) is 6.38. The number of hydrogen-bond acceptors (Lipinski definition) is 4. The molecule has 0 radical (unpaired) electrons. The van der Waals surface area contributed by atoms with Gasteiger partial charge in [0.2, 0.25) is 0 Å². The Hall–Kier alpha value is -1.26. The Morgan fingerprint density at radius 1 is 0.917 bits per heavy atom. The van der Waals surface area contributed by atoms with Crippen molar-refractivity contribution in [2.75, 3.05) is 40.4 Å². The Morgan fingerprint density at radius 2 is 1.62 bits per heavy atom. The maximum atomic E-state index is 5.54. The third-order valence-electron chi connectivity index (χ3n) is 5.64. The molecule has 0 amide bonds. The number of nitrogens with zero attached hydrogens (tertiary/aromatic N) is 2. The van der Waals surface area contributed by atoms with Crippen LogP contribution in [0.15, 0.2) is 18.2 Å². The van der Waals surface area contributed by atoms with Gasteiger partial charge in [0, 0.05) is 50.4 Å². The van der Waals surface area contributed by atoms with Crippen LogP contribution in [0, 0.1) is 0 Å². The predicted molar refractivity (Wildman–Crippen MR) is 97.9 cm³/mol. The van der Waals surface area contributed by atoms with E-state index >= 15 is 0 Å². The second kappa shape index (κ2) is 8.72. The minimum Gasteiger partial charge on any atom is -0.497 e. The highest BCUT2D eigenvalue weighted by atomic mass is 16.5. The molecule has 0 aromatic heterocycles. The van der Waals surface area contributed by atoms with E-state index in [2.05, 4.69) is 15.9 Å². The van der Waals surface area contributed by atoms with E-state index in [9.17, 15) is 0 Å². The van der Waals surface area contributed by atoms with E-state index in [-0.39, 0.29) is 0 Å². The quantitative estimate of drug-likeness (QED) is 0.770. The molecule has 1 aliphatic carbocycles. The highest BCUT2D eigenvalue weighted by molar-refractivity contribution is 5.40. The highest BCUT2D eigenvalue weighted by Gasteiger charge is 2.24. The molecule has 134 valence electrons. The van der Waals surface area contributed by atoms with Crippen LogP contribution in [0.3, 0.4) is 0 Å². The summed E-state index contributed by atoms with van der Waals surface area (Å²) in [6.45, 7) is 5.70. The summed E-state index contributed by atoms with van der Waals surface area (Å²) in [5.74, 6) is 1.79. The first kappa shape index (κ1) is 17.6. The Morgan fingerprint density at radius 3 is 2.25 bits per heavy atom. The van der Waals surface area contributed by atoms with Crippen molar-refractivity contribution in [3.05, 3.63) is 23.8 Å². The molecule has 2 aliphatic rings. The van der Waals surface area contributed by atoms with Crippen LogP contribution in [-0.4, -0.2) is 56.2 Å². The molecule has 1 heterocycles. The van der Waals surface area contributed by atoms with Gasteiger partial charge in [0.25, 0.3) is 0 Å². The van der Waals surface area contributed by atoms with Crippen LogP contribution in [-0.2, 0) is 6.54 Å². The van der Waals surface area contributed by atoms with E-state index < -0.39 is 0 Å². The number of ether oxygens (including phenoxy) is 2. The van der Waals surface area contributed by atoms with Gasteiger partial charge in [-0.1, -0.05) is 31.7 Å². The van der Waals surface area contributed by atoms with Gasteiger partial charge in [-0.2, -0.15) is 0 Å². The van der Waals surface area contributed by atoms with Crippen LogP contribution in [0.2, 0.25) is 0 Å². The number of methoxy groups -OCH3 is 2. The van der Waals surface area contributed by atoms with E-state index in [1.807, 2.05) is 12.1 Å². The Bertz CT molecular complexity index is 504. The molecule has 2 fully saturated rings. The smallest absolute Gasteiger partial charge is 0.127 e. The summed E-state index contributed by atoms with van der Waals surface area (Å²) >= 11 is 0. The van der Waals surface area contributed by atoms with Gasteiger partial charge in [-0.15, -0.1) is 0 Å². The molecule has 0 bridgehead atoms. The summed E-state index contributed by atoms with van der Waals surface area (Å²) in [7, 11) is 3.43. The van der Waals surface area contributed by atoms with Crippen LogP contribution >= 0.6 is 0 Å². The van der Waals surface area contributed by atoms with Gasteiger partial charge in [0.05, 0.1) is 14.2 Å². The lowest BCUT2D eigenvalue weighted by atomic mass is 10.1. The van der Waals surface area contributed by atoms with Crippen molar-refractivity contribution in [1.82, 2.24) is 9.80 Å². The number of rotatable bonds is 5. The van der Waals surface area contributed by atoms with Gasteiger partial charge in [0.15, 0.2) is 0 Å². The summed E-state index contributed by atoms with van der Waals surface area (Å²) in [6.07, 6.45) is 8.54. The van der Waals surface area contributed by atoms with Crippen molar-refractivity contribution in [2.45, 2.75) is 51.1 Å². The lowest BCUT2D eigenvalue weighted by Gasteiger charge is -2.39. The van der Waals surface area contributed by atoms with Crippen LogP contribution in [0.4, 0.5) is 0 Å². The summed E-state index contributed by atoms with van der Waals surface area (Å²) < 4.78 is 10.8. The molecule has 24 heavy (non-hydrogen) atoms. The Balaban J connectivity index is 1.53. The molecule has 1 saturated carbocycles. The molecule has 4 nitrogen and oxygen atoms in total. The number of piperazine rings is 1. The first-order chi connectivity index (χ1) is 11.8. The molecule has 0 unspecified atom stereocenters. The van der Waals surface area contributed by atoms with Crippen molar-refractivity contribution in [3.8, 4) is 11.5 Å². The normalized spacial score (nSPS) is 21.4. The zero-order valence-electron chi connectivity index (χ0n) is 15.3. The van der Waals surface area contributed by atoms with E-state index in [4.69, 9.17) is 9.47 Å². The second-order valence-corrected chi connectivity index (χ2v) is 7.14. The number of benzene rings is 1. The molecule has 0 atom stereocenters. The lowest BCUT2D eigenvalue weighted by molar-refractivity contribution is 0.0847.